The molecule has 156 valence electrons. The zero-order chi connectivity index (χ0) is 21.3. The van der Waals surface area contributed by atoms with Gasteiger partial charge in [-0.05, 0) is 49.1 Å². The highest BCUT2D eigenvalue weighted by Gasteiger charge is 2.21. The average molecular weight is 429 g/mol. The quantitative estimate of drug-likeness (QED) is 0.680. The van der Waals surface area contributed by atoms with Crippen LogP contribution in [0.2, 0.25) is 5.02 Å². The van der Waals surface area contributed by atoms with Gasteiger partial charge in [0.05, 0.1) is 10.5 Å². The van der Waals surface area contributed by atoms with E-state index in [9.17, 15) is 14.0 Å². The molecular weight excluding hydrogens is 407 g/mol. The number of para-hydroxylation sites is 1. The molecule has 1 amide bonds. The van der Waals surface area contributed by atoms with Crippen LogP contribution in [-0.4, -0.2) is 28.5 Å². The normalized spacial score (nSPS) is 14.8. The van der Waals surface area contributed by atoms with Crippen molar-refractivity contribution in [3.05, 3.63) is 63.8 Å². The highest BCUT2D eigenvalue weighted by molar-refractivity contribution is 6.31. The van der Waals surface area contributed by atoms with E-state index in [4.69, 9.17) is 11.6 Å². The van der Waals surface area contributed by atoms with Crippen LogP contribution in [0.3, 0.4) is 0 Å². The Hall–Kier alpha value is -2.93. The van der Waals surface area contributed by atoms with Crippen molar-refractivity contribution in [3.8, 4) is 0 Å². The first kappa shape index (κ1) is 20.3. The van der Waals surface area contributed by atoms with Crippen LogP contribution in [0.25, 0.3) is 10.9 Å². The predicted octanol–water partition coefficient (Wildman–Crippen LogP) is 4.06. The van der Waals surface area contributed by atoms with E-state index in [0.29, 0.717) is 22.9 Å². The Balaban J connectivity index is 1.64. The molecule has 1 aromatic heterocycles. The first-order valence-corrected chi connectivity index (χ1v) is 10.3. The molecule has 1 fully saturated rings. The van der Waals surface area contributed by atoms with Crippen LogP contribution in [0.5, 0.6) is 0 Å². The van der Waals surface area contributed by atoms with Gasteiger partial charge in [0.1, 0.15) is 18.2 Å². The van der Waals surface area contributed by atoms with Gasteiger partial charge in [0.15, 0.2) is 0 Å². The summed E-state index contributed by atoms with van der Waals surface area (Å²) in [6.45, 7) is 3.73. The second-order valence-corrected chi connectivity index (χ2v) is 8.08. The van der Waals surface area contributed by atoms with E-state index in [-0.39, 0.29) is 11.6 Å². The maximum Gasteiger partial charge on any atom is 0.350 e. The zero-order valence-corrected chi connectivity index (χ0v) is 17.3. The molecule has 2 aromatic carbocycles. The average Bonchev–Trinajstić information content (AvgIpc) is 2.73. The Labute approximate surface area is 178 Å². The predicted molar refractivity (Wildman–Crippen MR) is 117 cm³/mol. The Bertz CT molecular complexity index is 1160. The molecule has 1 aliphatic heterocycles. The van der Waals surface area contributed by atoms with Crippen molar-refractivity contribution in [2.24, 2.45) is 5.92 Å². The molecule has 1 saturated heterocycles. The molecule has 0 saturated carbocycles. The maximum absolute atomic E-state index is 13.3. The molecule has 0 radical (unpaired) electrons. The minimum atomic E-state index is -0.566. The lowest BCUT2D eigenvalue weighted by Gasteiger charge is -2.32. The Kier molecular flexibility index (Phi) is 5.72. The van der Waals surface area contributed by atoms with Gasteiger partial charge in [-0.3, -0.25) is 9.36 Å². The van der Waals surface area contributed by atoms with Gasteiger partial charge in [-0.2, -0.15) is 4.98 Å². The lowest BCUT2D eigenvalue weighted by molar-refractivity contribution is -0.116. The van der Waals surface area contributed by atoms with Crippen molar-refractivity contribution in [2.75, 3.05) is 23.3 Å². The molecule has 0 unspecified atom stereocenters. The number of anilines is 2. The summed E-state index contributed by atoms with van der Waals surface area (Å²) in [7, 11) is 0. The third kappa shape index (κ3) is 4.16. The number of benzene rings is 2. The minimum absolute atomic E-state index is 0.0858. The van der Waals surface area contributed by atoms with Gasteiger partial charge in [-0.25, -0.2) is 9.18 Å². The number of hydrogen-bond donors (Lipinski definition) is 1. The van der Waals surface area contributed by atoms with Crippen LogP contribution in [0.1, 0.15) is 19.8 Å². The molecule has 4 rings (SSSR count). The lowest BCUT2D eigenvalue weighted by Crippen LogP contribution is -2.37. The van der Waals surface area contributed by atoms with Crippen molar-refractivity contribution in [3.63, 3.8) is 0 Å². The summed E-state index contributed by atoms with van der Waals surface area (Å²) in [4.78, 5) is 31.8. The van der Waals surface area contributed by atoms with Gasteiger partial charge in [0.2, 0.25) is 5.91 Å². The van der Waals surface area contributed by atoms with Gasteiger partial charge < -0.3 is 10.2 Å². The van der Waals surface area contributed by atoms with Crippen molar-refractivity contribution in [1.82, 2.24) is 9.55 Å². The molecule has 0 aliphatic carbocycles. The molecule has 2 heterocycles. The molecule has 8 heteroatoms. The largest absolute Gasteiger partial charge is 0.356 e. The molecule has 0 spiro atoms. The van der Waals surface area contributed by atoms with E-state index in [2.05, 4.69) is 22.1 Å². The minimum Gasteiger partial charge on any atom is -0.356 e. The van der Waals surface area contributed by atoms with Gasteiger partial charge >= 0.3 is 5.69 Å². The molecule has 3 aromatic rings. The smallest absolute Gasteiger partial charge is 0.350 e. The summed E-state index contributed by atoms with van der Waals surface area (Å²) in [6.07, 6.45) is 2.11. The number of carbonyl (C=O) groups excluding carboxylic acids is 1. The van der Waals surface area contributed by atoms with Gasteiger partial charge in [0, 0.05) is 24.2 Å². The number of rotatable bonds is 4. The number of halogens is 2. The first-order chi connectivity index (χ1) is 14.4. The van der Waals surface area contributed by atoms with Crippen LogP contribution in [-0.2, 0) is 11.3 Å². The highest BCUT2D eigenvalue weighted by Crippen LogP contribution is 2.27. The van der Waals surface area contributed by atoms with Crippen LogP contribution in [0, 0.1) is 11.7 Å². The second-order valence-electron chi connectivity index (χ2n) is 7.67. The van der Waals surface area contributed by atoms with E-state index in [1.165, 1.54) is 22.8 Å². The van der Waals surface area contributed by atoms with Crippen molar-refractivity contribution in [1.29, 1.82) is 0 Å². The maximum atomic E-state index is 13.3. The molecule has 30 heavy (non-hydrogen) atoms. The highest BCUT2D eigenvalue weighted by atomic mass is 35.5. The summed E-state index contributed by atoms with van der Waals surface area (Å²) in [6, 6.07) is 11.4. The summed E-state index contributed by atoms with van der Waals surface area (Å²) in [5, 5.41) is 3.40. The number of carbonyl (C=O) groups is 1. The number of amides is 1. The molecule has 0 bridgehead atoms. The molecule has 1 aliphatic rings. The fourth-order valence-electron chi connectivity index (χ4n) is 3.74. The lowest BCUT2D eigenvalue weighted by atomic mass is 9.99. The van der Waals surface area contributed by atoms with Gasteiger partial charge in [-0.1, -0.05) is 30.7 Å². The third-order valence-electron chi connectivity index (χ3n) is 5.46. The van der Waals surface area contributed by atoms with Crippen molar-refractivity contribution < 1.29 is 9.18 Å². The van der Waals surface area contributed by atoms with Crippen LogP contribution in [0.15, 0.2) is 47.3 Å². The van der Waals surface area contributed by atoms with E-state index in [1.807, 2.05) is 24.3 Å². The van der Waals surface area contributed by atoms with E-state index < -0.39 is 17.4 Å². The standard InChI is InChI=1S/C22H22ClFN4O2/c1-14-8-10-27(11-9-14)21-16-4-2-3-5-19(16)28(22(30)26-21)13-20(29)25-15-6-7-18(24)17(23)12-15/h2-7,12,14H,8-11,13H2,1H3,(H,25,29). The van der Waals surface area contributed by atoms with Crippen molar-refractivity contribution in [2.45, 2.75) is 26.3 Å². The molecule has 6 nitrogen and oxygen atoms in total. The molecule has 0 atom stereocenters. The first-order valence-electron chi connectivity index (χ1n) is 9.92. The Morgan fingerprint density at radius 2 is 1.97 bits per heavy atom. The van der Waals surface area contributed by atoms with Gasteiger partial charge in [0.25, 0.3) is 0 Å². The topological polar surface area (TPSA) is 67.2 Å². The Morgan fingerprint density at radius 3 is 2.70 bits per heavy atom. The summed E-state index contributed by atoms with van der Waals surface area (Å²) in [5.74, 6) is 0.344. The van der Waals surface area contributed by atoms with Gasteiger partial charge in [-0.15, -0.1) is 0 Å². The van der Waals surface area contributed by atoms with E-state index >= 15 is 0 Å². The number of hydrogen-bond acceptors (Lipinski definition) is 4. The van der Waals surface area contributed by atoms with Crippen LogP contribution < -0.4 is 15.9 Å². The van der Waals surface area contributed by atoms with E-state index in [0.717, 1.165) is 31.3 Å². The summed E-state index contributed by atoms with van der Waals surface area (Å²) < 4.78 is 14.7. The number of nitrogens with zero attached hydrogens (tertiary/aromatic N) is 3. The summed E-state index contributed by atoms with van der Waals surface area (Å²) >= 11 is 5.76. The monoisotopic (exact) mass is 428 g/mol. The van der Waals surface area contributed by atoms with E-state index in [1.54, 1.807) is 0 Å². The summed E-state index contributed by atoms with van der Waals surface area (Å²) in [5.41, 5.74) is 0.531. The zero-order valence-electron chi connectivity index (χ0n) is 16.6. The SMILES string of the molecule is CC1CCN(c2nc(=O)n(CC(=O)Nc3ccc(F)c(Cl)c3)c3ccccc23)CC1. The fourth-order valence-corrected chi connectivity index (χ4v) is 3.93. The fraction of sp³-hybridized carbons (Fsp3) is 0.318. The Morgan fingerprint density at radius 1 is 1.23 bits per heavy atom. The number of aromatic nitrogens is 2. The number of fused-ring (bicyclic) bond motifs is 1. The number of piperidine rings is 1. The third-order valence-corrected chi connectivity index (χ3v) is 5.75. The second kappa shape index (κ2) is 8.44. The van der Waals surface area contributed by atoms with Crippen LogP contribution >= 0.6 is 11.6 Å². The number of nitrogens with one attached hydrogen (secondary N) is 1. The van der Waals surface area contributed by atoms with Crippen molar-refractivity contribution >= 4 is 39.9 Å². The molecular formula is C22H22ClFN4O2. The molecule has 1 N–H and O–H groups in total. The van der Waals surface area contributed by atoms with Crippen LogP contribution in [0.4, 0.5) is 15.9 Å².